The number of rotatable bonds is 7. The quantitative estimate of drug-likeness (QED) is 0.346. The molecular weight excluding hydrogens is 474 g/mol. The molecule has 5 rings (SSSR count). The van der Waals surface area contributed by atoms with Gasteiger partial charge in [0.1, 0.15) is 5.75 Å². The third kappa shape index (κ3) is 5.96. The van der Waals surface area contributed by atoms with Crippen molar-refractivity contribution in [2.45, 2.75) is 12.8 Å². The van der Waals surface area contributed by atoms with Gasteiger partial charge in [-0.25, -0.2) is 5.43 Å². The minimum absolute atomic E-state index is 0.104. The van der Waals surface area contributed by atoms with Crippen LogP contribution >= 0.6 is 11.6 Å². The van der Waals surface area contributed by atoms with E-state index in [0.717, 1.165) is 52.9 Å². The van der Waals surface area contributed by atoms with Crippen molar-refractivity contribution >= 4 is 40.6 Å². The Morgan fingerprint density at radius 1 is 1.03 bits per heavy atom. The molecule has 6 nitrogen and oxygen atoms in total. The van der Waals surface area contributed by atoms with Gasteiger partial charge in [-0.1, -0.05) is 54.1 Å². The monoisotopic (exact) mass is 501 g/mol. The van der Waals surface area contributed by atoms with Crippen molar-refractivity contribution in [3.8, 4) is 5.75 Å². The van der Waals surface area contributed by atoms with Crippen molar-refractivity contribution < 1.29 is 14.3 Å². The molecule has 1 amide bonds. The Kier molecular flexibility index (Phi) is 7.64. The van der Waals surface area contributed by atoms with Crippen LogP contribution in [-0.2, 0) is 9.53 Å². The summed E-state index contributed by atoms with van der Waals surface area (Å²) in [5.74, 6) is 0.348. The highest BCUT2D eigenvalue weighted by Crippen LogP contribution is 2.35. The number of carbonyl (C=O) groups excluding carboxylic acids is 1. The number of allylic oxidation sites excluding steroid dienone is 2. The third-order valence-electron chi connectivity index (χ3n) is 6.31. The summed E-state index contributed by atoms with van der Waals surface area (Å²) < 4.78 is 11.2. The van der Waals surface area contributed by atoms with Crippen LogP contribution in [0.15, 0.2) is 88.7 Å². The standard InChI is InChI=1S/C29H28ClN3O3/c30-26-10-5-21(6-11-26)17-24-7-8-25(29(24)33-13-15-35-16-14-33)19-31-32-28(34)20-36-27-12-9-22-3-1-2-4-23(22)18-27/h1-6,9-12,17-19H,7-8,13-16,20H2,(H,32,34)/b24-17+,31-19-. The second kappa shape index (κ2) is 11.4. The van der Waals surface area contributed by atoms with Gasteiger partial charge in [-0.15, -0.1) is 0 Å². The number of amides is 1. The second-order valence-electron chi connectivity index (χ2n) is 8.79. The first kappa shape index (κ1) is 24.1. The summed E-state index contributed by atoms with van der Waals surface area (Å²) in [5, 5.41) is 7.17. The molecule has 0 saturated carbocycles. The molecule has 1 N–H and O–H groups in total. The van der Waals surface area contributed by atoms with E-state index in [-0.39, 0.29) is 12.5 Å². The minimum atomic E-state index is -0.303. The van der Waals surface area contributed by atoms with Gasteiger partial charge in [0.2, 0.25) is 0 Å². The Balaban J connectivity index is 1.25. The summed E-state index contributed by atoms with van der Waals surface area (Å²) in [6.07, 6.45) is 5.74. The average Bonchev–Trinajstić information content (AvgIpc) is 3.31. The highest BCUT2D eigenvalue weighted by atomic mass is 35.5. The summed E-state index contributed by atoms with van der Waals surface area (Å²) >= 11 is 6.05. The molecule has 0 unspecified atom stereocenters. The molecule has 2 aliphatic rings. The molecule has 0 spiro atoms. The molecule has 1 heterocycles. The summed E-state index contributed by atoms with van der Waals surface area (Å²) in [4.78, 5) is 14.7. The van der Waals surface area contributed by atoms with Crippen molar-refractivity contribution in [3.05, 3.63) is 94.2 Å². The van der Waals surface area contributed by atoms with Crippen LogP contribution in [0.5, 0.6) is 5.75 Å². The van der Waals surface area contributed by atoms with Crippen molar-refractivity contribution in [2.75, 3.05) is 32.9 Å². The highest BCUT2D eigenvalue weighted by Gasteiger charge is 2.25. The molecule has 184 valence electrons. The molecule has 0 aromatic heterocycles. The van der Waals surface area contributed by atoms with Crippen molar-refractivity contribution in [1.29, 1.82) is 0 Å². The maximum atomic E-state index is 12.4. The molecule has 3 aromatic rings. The number of morpholine rings is 1. The van der Waals surface area contributed by atoms with Crippen LogP contribution in [0.3, 0.4) is 0 Å². The van der Waals surface area contributed by atoms with E-state index in [1.54, 1.807) is 6.21 Å². The number of carbonyl (C=O) groups is 1. The summed E-state index contributed by atoms with van der Waals surface area (Å²) in [7, 11) is 0. The molecule has 1 aliphatic carbocycles. The lowest BCUT2D eigenvalue weighted by atomic mass is 10.1. The van der Waals surface area contributed by atoms with Crippen LogP contribution in [0.2, 0.25) is 5.02 Å². The van der Waals surface area contributed by atoms with Gasteiger partial charge >= 0.3 is 0 Å². The van der Waals surface area contributed by atoms with Gasteiger partial charge in [0.25, 0.3) is 5.91 Å². The summed E-state index contributed by atoms with van der Waals surface area (Å²) in [6.45, 7) is 2.95. The number of halogens is 1. The zero-order chi connectivity index (χ0) is 24.7. The van der Waals surface area contributed by atoms with Crippen LogP contribution in [-0.4, -0.2) is 49.9 Å². The molecule has 36 heavy (non-hydrogen) atoms. The fourth-order valence-corrected chi connectivity index (χ4v) is 4.68. The van der Waals surface area contributed by atoms with E-state index < -0.39 is 0 Å². The molecule has 1 saturated heterocycles. The Labute approximate surface area is 215 Å². The smallest absolute Gasteiger partial charge is 0.277 e. The number of nitrogens with one attached hydrogen (secondary N) is 1. The Morgan fingerprint density at radius 3 is 2.61 bits per heavy atom. The number of ether oxygens (including phenoxy) is 2. The number of hydrazone groups is 1. The first-order valence-corrected chi connectivity index (χ1v) is 12.5. The number of hydrogen-bond acceptors (Lipinski definition) is 5. The molecular formula is C29H28ClN3O3. The van der Waals surface area contributed by atoms with Gasteiger partial charge in [0.15, 0.2) is 6.61 Å². The van der Waals surface area contributed by atoms with Gasteiger partial charge < -0.3 is 14.4 Å². The van der Waals surface area contributed by atoms with Gasteiger partial charge in [0.05, 0.1) is 19.4 Å². The molecule has 7 heteroatoms. The van der Waals surface area contributed by atoms with E-state index in [2.05, 4.69) is 21.5 Å². The van der Waals surface area contributed by atoms with Crippen LogP contribution < -0.4 is 10.2 Å². The average molecular weight is 502 g/mol. The maximum Gasteiger partial charge on any atom is 0.277 e. The maximum absolute atomic E-state index is 12.4. The van der Waals surface area contributed by atoms with Gasteiger partial charge in [-0.3, -0.25) is 4.79 Å². The first-order valence-electron chi connectivity index (χ1n) is 12.1. The molecule has 0 bridgehead atoms. The first-order chi connectivity index (χ1) is 17.7. The van der Waals surface area contributed by atoms with E-state index in [0.29, 0.717) is 19.0 Å². The SMILES string of the molecule is O=C(COc1ccc2ccccc2c1)N/N=C\C1=C(N2CCOCC2)C(=C/c2ccc(Cl)cc2)/CC1. The lowest BCUT2D eigenvalue weighted by molar-refractivity contribution is -0.123. The van der Waals surface area contributed by atoms with Crippen LogP contribution in [0.25, 0.3) is 16.8 Å². The van der Waals surface area contributed by atoms with E-state index in [4.69, 9.17) is 21.1 Å². The number of fused-ring (bicyclic) bond motifs is 1. The predicted molar refractivity (Wildman–Crippen MR) is 144 cm³/mol. The topological polar surface area (TPSA) is 63.2 Å². The lowest BCUT2D eigenvalue weighted by Crippen LogP contribution is -2.36. The van der Waals surface area contributed by atoms with E-state index in [9.17, 15) is 4.79 Å². The lowest BCUT2D eigenvalue weighted by Gasteiger charge is -2.31. The van der Waals surface area contributed by atoms with E-state index in [1.807, 2.05) is 66.7 Å². The second-order valence-corrected chi connectivity index (χ2v) is 9.22. The fourth-order valence-electron chi connectivity index (χ4n) is 4.55. The van der Waals surface area contributed by atoms with Gasteiger partial charge in [-0.2, -0.15) is 5.10 Å². The molecule has 0 atom stereocenters. The summed E-state index contributed by atoms with van der Waals surface area (Å²) in [6, 6.07) is 21.7. The Hall–Kier alpha value is -3.61. The predicted octanol–water partition coefficient (Wildman–Crippen LogP) is 5.44. The highest BCUT2D eigenvalue weighted by molar-refractivity contribution is 6.30. The normalized spacial score (nSPS) is 17.4. The van der Waals surface area contributed by atoms with E-state index in [1.165, 1.54) is 11.3 Å². The Morgan fingerprint density at radius 2 is 1.81 bits per heavy atom. The number of benzene rings is 3. The summed E-state index contributed by atoms with van der Waals surface area (Å²) in [5.41, 5.74) is 7.25. The van der Waals surface area contributed by atoms with E-state index >= 15 is 0 Å². The van der Waals surface area contributed by atoms with Gasteiger partial charge in [0, 0.05) is 23.8 Å². The zero-order valence-corrected chi connectivity index (χ0v) is 20.7. The zero-order valence-electron chi connectivity index (χ0n) is 20.0. The van der Waals surface area contributed by atoms with Crippen molar-refractivity contribution in [2.24, 2.45) is 5.10 Å². The number of hydrogen-bond donors (Lipinski definition) is 1. The Bertz CT molecular complexity index is 1330. The van der Waals surface area contributed by atoms with Crippen LogP contribution in [0, 0.1) is 0 Å². The largest absolute Gasteiger partial charge is 0.484 e. The fraction of sp³-hybridized carbons (Fsp3) is 0.241. The molecule has 0 radical (unpaired) electrons. The van der Waals surface area contributed by atoms with Gasteiger partial charge in [-0.05, 0) is 70.7 Å². The van der Waals surface area contributed by atoms with Crippen molar-refractivity contribution in [3.63, 3.8) is 0 Å². The minimum Gasteiger partial charge on any atom is -0.484 e. The number of nitrogens with zero attached hydrogens (tertiary/aromatic N) is 2. The van der Waals surface area contributed by atoms with Crippen molar-refractivity contribution in [1.82, 2.24) is 10.3 Å². The molecule has 1 fully saturated rings. The molecule has 1 aliphatic heterocycles. The molecule has 3 aromatic carbocycles. The third-order valence-corrected chi connectivity index (χ3v) is 6.56. The van der Waals surface area contributed by atoms with Crippen LogP contribution in [0.4, 0.5) is 0 Å². The van der Waals surface area contributed by atoms with Crippen LogP contribution in [0.1, 0.15) is 18.4 Å².